The second-order valence-corrected chi connectivity index (χ2v) is 6.66. The van der Waals surface area contributed by atoms with Crippen molar-refractivity contribution >= 4 is 18.2 Å². The number of nitrogens with one attached hydrogen (secondary N) is 1. The van der Waals surface area contributed by atoms with Gasteiger partial charge in [-0.1, -0.05) is 59.8 Å². The lowest BCUT2D eigenvalue weighted by atomic mass is 10.0. The van der Waals surface area contributed by atoms with Crippen LogP contribution in [0, 0.1) is 5.92 Å². The van der Waals surface area contributed by atoms with Gasteiger partial charge >= 0.3 is 0 Å². The van der Waals surface area contributed by atoms with E-state index in [1.165, 1.54) is 25.7 Å². The van der Waals surface area contributed by atoms with E-state index >= 15 is 0 Å². The first-order chi connectivity index (χ1) is 11.4. The van der Waals surface area contributed by atoms with Crippen LogP contribution in [0.3, 0.4) is 0 Å². The minimum Gasteiger partial charge on any atom is -0.356 e. The molecule has 0 saturated heterocycles. The van der Waals surface area contributed by atoms with E-state index in [9.17, 15) is 9.59 Å². The molecule has 1 unspecified atom stereocenters. The average molecular weight is 340 g/mol. The molecule has 24 heavy (non-hydrogen) atoms. The fraction of sp³-hybridized carbons (Fsp3) is 0.842. The number of hydrogen-bond donors (Lipinski definition) is 1. The molecular formula is C19H37N3O2. The summed E-state index contributed by atoms with van der Waals surface area (Å²) >= 11 is 0. The molecule has 1 heterocycles. The molecule has 1 N–H and O–H groups in total. The number of carbonyl (C=O) groups is 2. The molecule has 0 aromatic heterocycles. The van der Waals surface area contributed by atoms with Crippen LogP contribution in [0.5, 0.6) is 0 Å². The molecule has 0 aromatic carbocycles. The first-order valence-corrected chi connectivity index (χ1v) is 9.48. The molecular weight excluding hydrogens is 302 g/mol. The highest BCUT2D eigenvalue weighted by atomic mass is 16.2. The summed E-state index contributed by atoms with van der Waals surface area (Å²) in [5, 5.41) is 2.52. The highest BCUT2D eigenvalue weighted by Gasteiger charge is 2.42. The summed E-state index contributed by atoms with van der Waals surface area (Å²) in [4.78, 5) is 28.3. The van der Waals surface area contributed by atoms with Crippen LogP contribution in [0.2, 0.25) is 0 Å². The van der Waals surface area contributed by atoms with Crippen molar-refractivity contribution in [2.24, 2.45) is 10.9 Å². The zero-order valence-corrected chi connectivity index (χ0v) is 16.5. The fourth-order valence-corrected chi connectivity index (χ4v) is 2.93. The zero-order valence-electron chi connectivity index (χ0n) is 16.5. The molecule has 140 valence electrons. The van der Waals surface area contributed by atoms with E-state index in [4.69, 9.17) is 0 Å². The van der Waals surface area contributed by atoms with Crippen LogP contribution in [0.15, 0.2) is 4.99 Å². The van der Waals surface area contributed by atoms with Crippen molar-refractivity contribution in [2.45, 2.75) is 85.1 Å². The maximum Gasteiger partial charge on any atom is 0.257 e. The lowest BCUT2D eigenvalue weighted by Gasteiger charge is -2.19. The molecule has 0 bridgehead atoms. The molecule has 5 heteroatoms. The van der Waals surface area contributed by atoms with Crippen LogP contribution in [0.4, 0.5) is 0 Å². The number of aliphatic imine (C=N–C) groups is 1. The monoisotopic (exact) mass is 339 g/mol. The van der Waals surface area contributed by atoms with Crippen molar-refractivity contribution in [3.63, 3.8) is 0 Å². The van der Waals surface area contributed by atoms with E-state index in [1.54, 1.807) is 18.9 Å². The first-order valence-electron chi connectivity index (χ1n) is 9.48. The van der Waals surface area contributed by atoms with Gasteiger partial charge in [0.2, 0.25) is 6.41 Å². The van der Waals surface area contributed by atoms with Gasteiger partial charge in [0, 0.05) is 13.5 Å². The van der Waals surface area contributed by atoms with E-state index in [1.807, 2.05) is 13.8 Å². The third-order valence-electron chi connectivity index (χ3n) is 4.46. The standard InChI is InChI=1S/C11H19N3O2.C6H12.C2H6/c1-4-5-6-9-13-11(2,7-12-8-15)10(16)14(9)3;1-6-4-2-3-5-6;1-2/h8H,4-7H2,1-3H3,(H,12,15);6H,2-5H2,1H3;1-2H3. The predicted octanol–water partition coefficient (Wildman–Crippen LogP) is 3.77. The molecule has 1 fully saturated rings. The Bertz CT molecular complexity index is 403. The van der Waals surface area contributed by atoms with Crippen molar-refractivity contribution < 1.29 is 9.59 Å². The van der Waals surface area contributed by atoms with Gasteiger partial charge in [0.25, 0.3) is 5.91 Å². The number of likely N-dealkylation sites (N-methyl/N-ethyl adjacent to an activating group) is 1. The van der Waals surface area contributed by atoms with Crippen molar-refractivity contribution in [3.05, 3.63) is 0 Å². The quantitative estimate of drug-likeness (QED) is 0.749. The highest BCUT2D eigenvalue weighted by molar-refractivity contribution is 6.07. The van der Waals surface area contributed by atoms with Gasteiger partial charge in [0.15, 0.2) is 5.54 Å². The van der Waals surface area contributed by atoms with Gasteiger partial charge in [-0.15, -0.1) is 0 Å². The van der Waals surface area contributed by atoms with Gasteiger partial charge in [-0.2, -0.15) is 0 Å². The minimum atomic E-state index is -0.821. The molecule has 1 atom stereocenters. The summed E-state index contributed by atoms with van der Waals surface area (Å²) in [6, 6.07) is 0. The number of unbranched alkanes of at least 4 members (excludes halogenated alkanes) is 1. The minimum absolute atomic E-state index is 0.0482. The van der Waals surface area contributed by atoms with Crippen molar-refractivity contribution in [1.29, 1.82) is 0 Å². The molecule has 1 aliphatic carbocycles. The van der Waals surface area contributed by atoms with E-state index in [0.717, 1.165) is 31.0 Å². The molecule has 0 radical (unpaired) electrons. The number of rotatable bonds is 6. The summed E-state index contributed by atoms with van der Waals surface area (Å²) < 4.78 is 0. The molecule has 2 rings (SSSR count). The Morgan fingerprint density at radius 3 is 2.33 bits per heavy atom. The van der Waals surface area contributed by atoms with Crippen LogP contribution >= 0.6 is 0 Å². The smallest absolute Gasteiger partial charge is 0.257 e. The van der Waals surface area contributed by atoms with Gasteiger partial charge in [-0.3, -0.25) is 14.6 Å². The average Bonchev–Trinajstić information content (AvgIpc) is 3.15. The second kappa shape index (κ2) is 12.0. The van der Waals surface area contributed by atoms with Crippen molar-refractivity contribution in [1.82, 2.24) is 10.2 Å². The maximum atomic E-state index is 12.0. The molecule has 5 nitrogen and oxygen atoms in total. The fourth-order valence-electron chi connectivity index (χ4n) is 2.93. The molecule has 1 aliphatic heterocycles. The molecule has 0 spiro atoms. The number of amides is 2. The second-order valence-electron chi connectivity index (χ2n) is 6.66. The lowest BCUT2D eigenvalue weighted by Crippen LogP contribution is -2.45. The maximum absolute atomic E-state index is 12.0. The first kappa shape index (κ1) is 22.6. The topological polar surface area (TPSA) is 61.8 Å². The van der Waals surface area contributed by atoms with Crippen molar-refractivity contribution in [2.75, 3.05) is 13.6 Å². The summed E-state index contributed by atoms with van der Waals surface area (Å²) in [6.07, 6.45) is 9.45. The number of amidine groups is 1. The third-order valence-corrected chi connectivity index (χ3v) is 4.46. The summed E-state index contributed by atoms with van der Waals surface area (Å²) in [5.41, 5.74) is -0.821. The lowest BCUT2D eigenvalue weighted by molar-refractivity contribution is -0.129. The Morgan fingerprint density at radius 1 is 1.33 bits per heavy atom. The van der Waals surface area contributed by atoms with E-state index in [0.29, 0.717) is 6.41 Å². The Labute approximate surface area is 148 Å². The van der Waals surface area contributed by atoms with E-state index in [2.05, 4.69) is 24.2 Å². The third kappa shape index (κ3) is 7.02. The highest BCUT2D eigenvalue weighted by Crippen LogP contribution is 2.23. The Hall–Kier alpha value is -1.39. The van der Waals surface area contributed by atoms with Crippen LogP contribution in [0.1, 0.15) is 79.6 Å². The Balaban J connectivity index is 0.000000547. The van der Waals surface area contributed by atoms with E-state index < -0.39 is 5.54 Å². The molecule has 2 amide bonds. The predicted molar refractivity (Wildman–Crippen MR) is 101 cm³/mol. The number of nitrogens with zero attached hydrogens (tertiary/aromatic N) is 2. The van der Waals surface area contributed by atoms with Gasteiger partial charge in [-0.25, -0.2) is 0 Å². The summed E-state index contributed by atoms with van der Waals surface area (Å²) in [6.45, 7) is 10.5. The zero-order chi connectivity index (χ0) is 18.6. The van der Waals surface area contributed by atoms with Crippen LogP contribution < -0.4 is 5.32 Å². The van der Waals surface area contributed by atoms with Gasteiger partial charge in [-0.05, 0) is 19.3 Å². The number of hydrogen-bond acceptors (Lipinski definition) is 3. The summed E-state index contributed by atoms with van der Waals surface area (Å²) in [7, 11) is 1.74. The molecule has 1 saturated carbocycles. The van der Waals surface area contributed by atoms with Gasteiger partial charge in [0.1, 0.15) is 5.84 Å². The van der Waals surface area contributed by atoms with Crippen LogP contribution in [0.25, 0.3) is 0 Å². The largest absolute Gasteiger partial charge is 0.356 e. The molecule has 0 aromatic rings. The van der Waals surface area contributed by atoms with Crippen molar-refractivity contribution in [3.8, 4) is 0 Å². The van der Waals surface area contributed by atoms with Gasteiger partial charge < -0.3 is 10.2 Å². The SMILES string of the molecule is CC.CC1CCCC1.CCCCC1=NC(C)(CNC=O)C(=O)N1C. The van der Waals surface area contributed by atoms with Crippen LogP contribution in [-0.2, 0) is 9.59 Å². The van der Waals surface area contributed by atoms with Crippen LogP contribution in [-0.4, -0.2) is 42.2 Å². The summed E-state index contributed by atoms with van der Waals surface area (Å²) in [5.74, 6) is 1.82. The normalized spacial score (nSPS) is 23.0. The van der Waals surface area contributed by atoms with E-state index in [-0.39, 0.29) is 12.5 Å². The Kier molecular flexibility index (Phi) is 11.3. The Morgan fingerprint density at radius 2 is 1.92 bits per heavy atom. The number of carbonyl (C=O) groups excluding carboxylic acids is 2. The molecule has 2 aliphatic rings. The van der Waals surface area contributed by atoms with Gasteiger partial charge in [0.05, 0.1) is 6.54 Å².